The fourth-order valence-electron chi connectivity index (χ4n) is 1.80. The molecule has 0 fully saturated rings. The second kappa shape index (κ2) is 6.67. The van der Waals surface area contributed by atoms with E-state index in [4.69, 9.17) is 0 Å². The summed E-state index contributed by atoms with van der Waals surface area (Å²) in [6, 6.07) is 3.43. The first-order valence-corrected chi connectivity index (χ1v) is 5.81. The van der Waals surface area contributed by atoms with E-state index in [-0.39, 0.29) is 6.10 Å². The van der Waals surface area contributed by atoms with Crippen molar-refractivity contribution in [2.45, 2.75) is 32.9 Å². The van der Waals surface area contributed by atoms with Gasteiger partial charge in [0.2, 0.25) is 0 Å². The lowest BCUT2D eigenvalue weighted by molar-refractivity contribution is 0.163. The summed E-state index contributed by atoms with van der Waals surface area (Å²) in [5, 5.41) is 12.2. The Bertz CT molecular complexity index is 355. The molecule has 17 heavy (non-hydrogen) atoms. The first kappa shape index (κ1) is 14.1. The highest BCUT2D eigenvalue weighted by atomic mass is 19.1. The molecule has 1 rings (SSSR count). The molecule has 2 N–H and O–H groups in total. The molecule has 1 aromatic rings. The molecule has 0 heterocycles. The minimum atomic E-state index is -0.430. The van der Waals surface area contributed by atoms with Crippen LogP contribution < -0.4 is 5.32 Å². The lowest BCUT2D eigenvalue weighted by atomic mass is 10.0. The van der Waals surface area contributed by atoms with E-state index in [9.17, 15) is 13.9 Å². The SMILES string of the molecule is CC(O)CC(C)CNCc1cc(F)ccc1F. The van der Waals surface area contributed by atoms with Gasteiger partial charge in [-0.3, -0.25) is 0 Å². The van der Waals surface area contributed by atoms with Gasteiger partial charge in [-0.05, 0) is 44.0 Å². The highest BCUT2D eigenvalue weighted by Gasteiger charge is 2.07. The first-order chi connectivity index (χ1) is 7.99. The molecule has 0 aliphatic heterocycles. The van der Waals surface area contributed by atoms with Crippen molar-refractivity contribution in [3.05, 3.63) is 35.4 Å². The summed E-state index contributed by atoms with van der Waals surface area (Å²) >= 11 is 0. The largest absolute Gasteiger partial charge is 0.393 e. The molecule has 0 bridgehead atoms. The van der Waals surface area contributed by atoms with Crippen molar-refractivity contribution in [2.24, 2.45) is 5.92 Å². The number of hydrogen-bond donors (Lipinski definition) is 2. The van der Waals surface area contributed by atoms with Crippen LogP contribution in [0.15, 0.2) is 18.2 Å². The highest BCUT2D eigenvalue weighted by Crippen LogP contribution is 2.10. The van der Waals surface area contributed by atoms with Crippen LogP contribution in [0.4, 0.5) is 8.78 Å². The van der Waals surface area contributed by atoms with Gasteiger partial charge in [0.25, 0.3) is 0 Å². The van der Waals surface area contributed by atoms with Crippen molar-refractivity contribution < 1.29 is 13.9 Å². The molecule has 0 spiro atoms. The Morgan fingerprint density at radius 2 is 2.00 bits per heavy atom. The highest BCUT2D eigenvalue weighted by molar-refractivity contribution is 5.18. The second-order valence-corrected chi connectivity index (χ2v) is 4.56. The zero-order valence-electron chi connectivity index (χ0n) is 10.2. The summed E-state index contributed by atoms with van der Waals surface area (Å²) in [5.74, 6) is -0.533. The average Bonchev–Trinajstić information content (AvgIpc) is 2.22. The lowest BCUT2D eigenvalue weighted by Crippen LogP contribution is -2.23. The van der Waals surface area contributed by atoms with Crippen LogP contribution in [0.5, 0.6) is 0 Å². The third kappa shape index (κ3) is 5.24. The van der Waals surface area contributed by atoms with E-state index < -0.39 is 11.6 Å². The maximum Gasteiger partial charge on any atom is 0.127 e. The van der Waals surface area contributed by atoms with Gasteiger partial charge in [-0.15, -0.1) is 0 Å². The molecule has 2 atom stereocenters. The Morgan fingerprint density at radius 3 is 2.65 bits per heavy atom. The third-order valence-corrected chi connectivity index (χ3v) is 2.56. The summed E-state index contributed by atoms with van der Waals surface area (Å²) < 4.78 is 26.1. The molecule has 0 saturated carbocycles. The number of hydrogen-bond acceptors (Lipinski definition) is 2. The number of nitrogens with one attached hydrogen (secondary N) is 1. The topological polar surface area (TPSA) is 32.3 Å². The quantitative estimate of drug-likeness (QED) is 0.804. The Balaban J connectivity index is 2.38. The smallest absolute Gasteiger partial charge is 0.127 e. The van der Waals surface area contributed by atoms with Crippen LogP contribution in [0.1, 0.15) is 25.8 Å². The molecule has 0 amide bonds. The monoisotopic (exact) mass is 243 g/mol. The van der Waals surface area contributed by atoms with E-state index in [1.165, 1.54) is 6.07 Å². The van der Waals surface area contributed by atoms with Gasteiger partial charge in [0.05, 0.1) is 6.10 Å². The van der Waals surface area contributed by atoms with E-state index in [0.29, 0.717) is 31.0 Å². The summed E-state index contributed by atoms with van der Waals surface area (Å²) in [4.78, 5) is 0. The number of halogens is 2. The van der Waals surface area contributed by atoms with Gasteiger partial charge >= 0.3 is 0 Å². The minimum absolute atomic E-state index is 0.298. The zero-order valence-corrected chi connectivity index (χ0v) is 10.2. The molecule has 0 aromatic heterocycles. The van der Waals surface area contributed by atoms with Crippen molar-refractivity contribution in [1.82, 2.24) is 5.32 Å². The number of aliphatic hydroxyl groups excluding tert-OH is 1. The molecule has 2 unspecified atom stereocenters. The molecule has 4 heteroatoms. The Kier molecular flexibility index (Phi) is 5.51. The van der Waals surface area contributed by atoms with Gasteiger partial charge < -0.3 is 10.4 Å². The molecular weight excluding hydrogens is 224 g/mol. The van der Waals surface area contributed by atoms with E-state index in [1.807, 2.05) is 6.92 Å². The van der Waals surface area contributed by atoms with Crippen LogP contribution in [0, 0.1) is 17.6 Å². The van der Waals surface area contributed by atoms with E-state index in [2.05, 4.69) is 5.32 Å². The fourth-order valence-corrected chi connectivity index (χ4v) is 1.80. The van der Waals surface area contributed by atoms with Crippen molar-refractivity contribution in [2.75, 3.05) is 6.54 Å². The Labute approximate surface area is 101 Å². The van der Waals surface area contributed by atoms with Crippen LogP contribution in [0.2, 0.25) is 0 Å². The summed E-state index contributed by atoms with van der Waals surface area (Å²) in [7, 11) is 0. The maximum atomic E-state index is 13.3. The molecule has 96 valence electrons. The van der Waals surface area contributed by atoms with Crippen molar-refractivity contribution in [3.8, 4) is 0 Å². The van der Waals surface area contributed by atoms with Crippen LogP contribution in [0.3, 0.4) is 0 Å². The second-order valence-electron chi connectivity index (χ2n) is 4.56. The standard InChI is InChI=1S/C13H19F2NO/c1-9(5-10(2)17)7-16-8-11-6-12(14)3-4-13(11)15/h3-4,6,9-10,16-17H,5,7-8H2,1-2H3. The summed E-state index contributed by atoms with van der Waals surface area (Å²) in [6.45, 7) is 4.71. The third-order valence-electron chi connectivity index (χ3n) is 2.56. The molecule has 0 aliphatic rings. The number of aliphatic hydroxyl groups is 1. The fraction of sp³-hybridized carbons (Fsp3) is 0.538. The molecule has 0 saturated heterocycles. The normalized spacial score (nSPS) is 14.6. The summed E-state index contributed by atoms with van der Waals surface area (Å²) in [5.41, 5.74) is 0.328. The van der Waals surface area contributed by atoms with Crippen molar-refractivity contribution in [1.29, 1.82) is 0 Å². The predicted molar refractivity (Wildman–Crippen MR) is 63.5 cm³/mol. The molecular formula is C13H19F2NO. The van der Waals surface area contributed by atoms with Gasteiger partial charge in [-0.1, -0.05) is 6.92 Å². The van der Waals surface area contributed by atoms with E-state index >= 15 is 0 Å². The first-order valence-electron chi connectivity index (χ1n) is 5.81. The van der Waals surface area contributed by atoms with Crippen LogP contribution in [-0.4, -0.2) is 17.8 Å². The van der Waals surface area contributed by atoms with Crippen LogP contribution in [-0.2, 0) is 6.54 Å². The lowest BCUT2D eigenvalue weighted by Gasteiger charge is -2.14. The molecule has 0 aliphatic carbocycles. The van der Waals surface area contributed by atoms with Crippen molar-refractivity contribution in [3.63, 3.8) is 0 Å². The van der Waals surface area contributed by atoms with E-state index in [1.54, 1.807) is 6.92 Å². The van der Waals surface area contributed by atoms with Gasteiger partial charge in [-0.2, -0.15) is 0 Å². The molecule has 2 nitrogen and oxygen atoms in total. The average molecular weight is 243 g/mol. The Morgan fingerprint density at radius 1 is 1.29 bits per heavy atom. The van der Waals surface area contributed by atoms with Gasteiger partial charge in [0.15, 0.2) is 0 Å². The minimum Gasteiger partial charge on any atom is -0.393 e. The number of benzene rings is 1. The number of rotatable bonds is 6. The maximum absolute atomic E-state index is 13.3. The van der Waals surface area contributed by atoms with E-state index in [0.717, 1.165) is 12.1 Å². The molecule has 0 radical (unpaired) electrons. The van der Waals surface area contributed by atoms with Gasteiger partial charge in [0, 0.05) is 12.1 Å². The van der Waals surface area contributed by atoms with Crippen LogP contribution in [0.25, 0.3) is 0 Å². The Hall–Kier alpha value is -1.00. The van der Waals surface area contributed by atoms with Crippen LogP contribution >= 0.6 is 0 Å². The zero-order chi connectivity index (χ0) is 12.8. The van der Waals surface area contributed by atoms with Gasteiger partial charge in [-0.25, -0.2) is 8.78 Å². The van der Waals surface area contributed by atoms with Crippen molar-refractivity contribution >= 4 is 0 Å². The molecule has 1 aromatic carbocycles. The van der Waals surface area contributed by atoms with Gasteiger partial charge in [0.1, 0.15) is 11.6 Å². The predicted octanol–water partition coefficient (Wildman–Crippen LogP) is 2.46. The summed E-state index contributed by atoms with van der Waals surface area (Å²) in [6.07, 6.45) is 0.358.